The summed E-state index contributed by atoms with van der Waals surface area (Å²) in [6.07, 6.45) is 5.33. The molecule has 0 aliphatic rings. The molecule has 0 saturated heterocycles. The molecule has 0 saturated carbocycles. The number of benzene rings is 1. The minimum Gasteiger partial charge on any atom is -0.312 e. The van der Waals surface area contributed by atoms with E-state index in [4.69, 9.17) is 0 Å². The number of hydrogen-bond donors (Lipinski definition) is 1. The fraction of sp³-hybridized carbons (Fsp3) is 0.529. The van der Waals surface area contributed by atoms with Gasteiger partial charge in [0.15, 0.2) is 0 Å². The average Bonchev–Trinajstić information content (AvgIpc) is 2.86. The predicted octanol–water partition coefficient (Wildman–Crippen LogP) is 5.21. The molecule has 2 rings (SSSR count). The molecule has 0 spiro atoms. The van der Waals surface area contributed by atoms with Gasteiger partial charge in [-0.25, -0.2) is 0 Å². The second-order valence-corrected chi connectivity index (χ2v) is 6.22. The third-order valence-corrected chi connectivity index (χ3v) is 4.87. The molecule has 1 N–H and O–H groups in total. The fourth-order valence-electron chi connectivity index (χ4n) is 2.52. The van der Waals surface area contributed by atoms with Crippen LogP contribution in [-0.2, 0) is 6.54 Å². The maximum absolute atomic E-state index is 3.65. The molecule has 1 aromatic carbocycles. The van der Waals surface area contributed by atoms with E-state index in [1.54, 1.807) is 0 Å². The Balaban J connectivity index is 1.85. The predicted molar refractivity (Wildman–Crippen MR) is 86.8 cm³/mol. The van der Waals surface area contributed by atoms with Crippen LogP contribution in [0.4, 0.5) is 0 Å². The fourth-order valence-corrected chi connectivity index (χ4v) is 3.49. The molecule has 1 atom stereocenters. The molecule has 1 aromatic heterocycles. The van der Waals surface area contributed by atoms with Gasteiger partial charge in [-0.05, 0) is 41.3 Å². The largest absolute Gasteiger partial charge is 0.312 e. The standard InChI is InChI=1S/C17H25NS/c1-3-5-8-14(4-2)11-18-12-15-13-19-17-10-7-6-9-16(15)17/h6-7,9-10,13-14,18H,3-5,8,11-12H2,1-2H3. The van der Waals surface area contributed by atoms with Gasteiger partial charge in [0, 0.05) is 11.2 Å². The first-order valence-corrected chi connectivity index (χ1v) is 8.39. The summed E-state index contributed by atoms with van der Waals surface area (Å²) in [6, 6.07) is 8.69. The zero-order valence-electron chi connectivity index (χ0n) is 12.1. The van der Waals surface area contributed by atoms with Crippen molar-refractivity contribution in [3.8, 4) is 0 Å². The van der Waals surface area contributed by atoms with Gasteiger partial charge in [-0.2, -0.15) is 0 Å². The van der Waals surface area contributed by atoms with E-state index < -0.39 is 0 Å². The van der Waals surface area contributed by atoms with Gasteiger partial charge < -0.3 is 5.32 Å². The SMILES string of the molecule is CCCCC(CC)CNCc1csc2ccccc12. The highest BCUT2D eigenvalue weighted by molar-refractivity contribution is 7.17. The van der Waals surface area contributed by atoms with E-state index in [1.807, 2.05) is 11.3 Å². The lowest BCUT2D eigenvalue weighted by atomic mass is 9.99. The van der Waals surface area contributed by atoms with Crippen LogP contribution in [0.3, 0.4) is 0 Å². The van der Waals surface area contributed by atoms with Crippen LogP contribution in [0.25, 0.3) is 10.1 Å². The molecule has 2 heteroatoms. The van der Waals surface area contributed by atoms with Gasteiger partial charge >= 0.3 is 0 Å². The molecular formula is C17H25NS. The van der Waals surface area contributed by atoms with E-state index in [1.165, 1.54) is 41.3 Å². The molecule has 19 heavy (non-hydrogen) atoms. The molecular weight excluding hydrogens is 250 g/mol. The summed E-state index contributed by atoms with van der Waals surface area (Å²) >= 11 is 1.85. The average molecular weight is 275 g/mol. The van der Waals surface area contributed by atoms with Crippen molar-refractivity contribution in [2.75, 3.05) is 6.54 Å². The third kappa shape index (κ3) is 4.05. The Kier molecular flexibility index (Phi) is 5.87. The van der Waals surface area contributed by atoms with Crippen molar-refractivity contribution in [1.82, 2.24) is 5.32 Å². The highest BCUT2D eigenvalue weighted by Gasteiger charge is 2.07. The van der Waals surface area contributed by atoms with Crippen molar-refractivity contribution in [3.05, 3.63) is 35.2 Å². The van der Waals surface area contributed by atoms with E-state index >= 15 is 0 Å². The van der Waals surface area contributed by atoms with E-state index in [2.05, 4.69) is 48.8 Å². The number of hydrogen-bond acceptors (Lipinski definition) is 2. The van der Waals surface area contributed by atoms with E-state index in [9.17, 15) is 0 Å². The van der Waals surface area contributed by atoms with Gasteiger partial charge in [-0.15, -0.1) is 11.3 Å². The monoisotopic (exact) mass is 275 g/mol. The Morgan fingerprint density at radius 3 is 2.84 bits per heavy atom. The zero-order valence-corrected chi connectivity index (χ0v) is 12.9. The minimum atomic E-state index is 0.838. The van der Waals surface area contributed by atoms with Crippen molar-refractivity contribution < 1.29 is 0 Å². The summed E-state index contributed by atoms with van der Waals surface area (Å²) in [5, 5.41) is 7.36. The normalized spacial score (nSPS) is 12.9. The lowest BCUT2D eigenvalue weighted by Crippen LogP contribution is -2.22. The highest BCUT2D eigenvalue weighted by Crippen LogP contribution is 2.25. The number of nitrogens with one attached hydrogen (secondary N) is 1. The van der Waals surface area contributed by atoms with E-state index in [-0.39, 0.29) is 0 Å². The summed E-state index contributed by atoms with van der Waals surface area (Å²) in [4.78, 5) is 0. The Labute approximate surface area is 121 Å². The lowest BCUT2D eigenvalue weighted by molar-refractivity contribution is 0.419. The van der Waals surface area contributed by atoms with Gasteiger partial charge in [0.2, 0.25) is 0 Å². The second kappa shape index (κ2) is 7.66. The molecule has 1 unspecified atom stereocenters. The van der Waals surface area contributed by atoms with Crippen molar-refractivity contribution in [2.45, 2.75) is 46.1 Å². The second-order valence-electron chi connectivity index (χ2n) is 5.30. The maximum Gasteiger partial charge on any atom is 0.0346 e. The van der Waals surface area contributed by atoms with Crippen LogP contribution in [0.2, 0.25) is 0 Å². The van der Waals surface area contributed by atoms with Gasteiger partial charge in [0.1, 0.15) is 0 Å². The van der Waals surface area contributed by atoms with Crippen LogP contribution < -0.4 is 5.32 Å². The van der Waals surface area contributed by atoms with Crippen LogP contribution in [0.15, 0.2) is 29.6 Å². The quantitative estimate of drug-likeness (QED) is 0.697. The summed E-state index contributed by atoms with van der Waals surface area (Å²) in [5.41, 5.74) is 1.45. The highest BCUT2D eigenvalue weighted by atomic mass is 32.1. The van der Waals surface area contributed by atoms with Crippen LogP contribution >= 0.6 is 11.3 Å². The minimum absolute atomic E-state index is 0.838. The molecule has 1 heterocycles. The third-order valence-electron chi connectivity index (χ3n) is 3.85. The van der Waals surface area contributed by atoms with Gasteiger partial charge in [-0.3, -0.25) is 0 Å². The zero-order chi connectivity index (χ0) is 13.5. The first-order valence-electron chi connectivity index (χ1n) is 7.51. The summed E-state index contributed by atoms with van der Waals surface area (Å²) in [7, 11) is 0. The Hall–Kier alpha value is -0.860. The maximum atomic E-state index is 3.65. The topological polar surface area (TPSA) is 12.0 Å². The lowest BCUT2D eigenvalue weighted by Gasteiger charge is -2.15. The Morgan fingerprint density at radius 1 is 1.21 bits per heavy atom. The first kappa shape index (κ1) is 14.5. The van der Waals surface area contributed by atoms with Crippen molar-refractivity contribution in [2.24, 2.45) is 5.92 Å². The number of rotatable bonds is 8. The summed E-state index contributed by atoms with van der Waals surface area (Å²) in [5.74, 6) is 0.838. The van der Waals surface area contributed by atoms with Crippen LogP contribution in [-0.4, -0.2) is 6.54 Å². The number of thiophene rings is 1. The Bertz CT molecular complexity index is 489. The first-order chi connectivity index (χ1) is 9.35. The van der Waals surface area contributed by atoms with Gasteiger partial charge in [0.05, 0.1) is 0 Å². The molecule has 0 bridgehead atoms. The summed E-state index contributed by atoms with van der Waals surface area (Å²) < 4.78 is 1.40. The molecule has 1 nitrogen and oxygen atoms in total. The molecule has 2 aromatic rings. The van der Waals surface area contributed by atoms with Gasteiger partial charge in [-0.1, -0.05) is 51.3 Å². The van der Waals surface area contributed by atoms with Crippen LogP contribution in [0.1, 0.15) is 45.1 Å². The van der Waals surface area contributed by atoms with Crippen LogP contribution in [0, 0.1) is 5.92 Å². The number of unbranched alkanes of at least 4 members (excludes halogenated alkanes) is 1. The smallest absolute Gasteiger partial charge is 0.0346 e. The van der Waals surface area contributed by atoms with E-state index in [0.29, 0.717) is 0 Å². The molecule has 0 fully saturated rings. The van der Waals surface area contributed by atoms with Crippen LogP contribution in [0.5, 0.6) is 0 Å². The molecule has 0 amide bonds. The van der Waals surface area contributed by atoms with Crippen molar-refractivity contribution in [1.29, 1.82) is 0 Å². The molecule has 0 aliphatic heterocycles. The Morgan fingerprint density at radius 2 is 2.05 bits per heavy atom. The van der Waals surface area contributed by atoms with Gasteiger partial charge in [0.25, 0.3) is 0 Å². The molecule has 0 radical (unpaired) electrons. The number of fused-ring (bicyclic) bond motifs is 1. The van der Waals surface area contributed by atoms with E-state index in [0.717, 1.165) is 19.0 Å². The molecule has 104 valence electrons. The summed E-state index contributed by atoms with van der Waals surface area (Å²) in [6.45, 7) is 6.74. The van der Waals surface area contributed by atoms with Crippen molar-refractivity contribution in [3.63, 3.8) is 0 Å². The van der Waals surface area contributed by atoms with Crippen molar-refractivity contribution >= 4 is 21.4 Å². The molecule has 0 aliphatic carbocycles.